The molecule has 0 heterocycles. The van der Waals surface area contributed by atoms with Gasteiger partial charge < -0.3 is 15.2 Å². The van der Waals surface area contributed by atoms with Gasteiger partial charge in [0.2, 0.25) is 0 Å². The molecular weight excluding hydrogens is 267 g/mol. The molecule has 1 aliphatic rings. The van der Waals surface area contributed by atoms with Crippen molar-refractivity contribution in [1.29, 1.82) is 0 Å². The van der Waals surface area contributed by atoms with Gasteiger partial charge in [-0.25, -0.2) is 4.39 Å². The number of benzene rings is 1. The fourth-order valence-electron chi connectivity index (χ4n) is 2.11. The first-order valence-electron chi connectivity index (χ1n) is 6.50. The lowest BCUT2D eigenvalue weighted by molar-refractivity contribution is -0.386. The predicted molar refractivity (Wildman–Crippen MR) is 70.1 cm³/mol. The monoisotopic (exact) mass is 284 g/mol. The van der Waals surface area contributed by atoms with E-state index in [-0.39, 0.29) is 29.7 Å². The normalized spacial score (nSPS) is 25.1. The molecule has 1 aromatic rings. The molecule has 7 heteroatoms. The van der Waals surface area contributed by atoms with Gasteiger partial charge in [0.05, 0.1) is 11.0 Å². The van der Waals surface area contributed by atoms with E-state index in [1.54, 1.807) is 0 Å². The zero-order valence-corrected chi connectivity index (χ0v) is 11.1. The maximum Gasteiger partial charge on any atom is 0.313 e. The second kappa shape index (κ2) is 6.15. The molecule has 1 fully saturated rings. The van der Waals surface area contributed by atoms with Crippen LogP contribution in [-0.4, -0.2) is 29.8 Å². The third kappa shape index (κ3) is 3.05. The van der Waals surface area contributed by atoms with E-state index in [2.05, 4.69) is 0 Å². The van der Waals surface area contributed by atoms with Crippen LogP contribution in [0.25, 0.3) is 0 Å². The summed E-state index contributed by atoms with van der Waals surface area (Å²) in [7, 11) is 0. The third-order valence-electron chi connectivity index (χ3n) is 3.20. The molecule has 0 bridgehead atoms. The molecule has 2 N–H and O–H groups in total. The van der Waals surface area contributed by atoms with E-state index in [0.717, 1.165) is 18.6 Å². The van der Waals surface area contributed by atoms with Crippen molar-refractivity contribution in [1.82, 2.24) is 0 Å². The number of nitrogens with two attached hydrogens (primary N) is 1. The van der Waals surface area contributed by atoms with E-state index in [1.807, 2.05) is 6.92 Å². The maximum absolute atomic E-state index is 13.0. The second-order valence-corrected chi connectivity index (χ2v) is 4.76. The summed E-state index contributed by atoms with van der Waals surface area (Å²) >= 11 is 0. The van der Waals surface area contributed by atoms with Crippen LogP contribution in [0.3, 0.4) is 0 Å². The first kappa shape index (κ1) is 14.7. The Morgan fingerprint density at radius 1 is 1.55 bits per heavy atom. The quantitative estimate of drug-likeness (QED) is 0.637. The summed E-state index contributed by atoms with van der Waals surface area (Å²) in [4.78, 5) is 10.2. The highest BCUT2D eigenvalue weighted by atomic mass is 19.1. The number of nitrogens with zero attached hydrogens (tertiary/aromatic N) is 1. The highest BCUT2D eigenvalue weighted by Gasteiger charge is 2.42. The second-order valence-electron chi connectivity index (χ2n) is 4.76. The number of rotatable bonds is 6. The number of hydrogen-bond donors (Lipinski definition) is 1. The van der Waals surface area contributed by atoms with Crippen LogP contribution in [0.2, 0.25) is 0 Å². The van der Waals surface area contributed by atoms with Gasteiger partial charge in [-0.3, -0.25) is 10.1 Å². The third-order valence-corrected chi connectivity index (χ3v) is 3.20. The van der Waals surface area contributed by atoms with E-state index in [1.165, 1.54) is 6.07 Å². The molecule has 1 aromatic carbocycles. The molecule has 0 spiro atoms. The van der Waals surface area contributed by atoms with Gasteiger partial charge in [-0.15, -0.1) is 0 Å². The number of hydrogen-bond acceptors (Lipinski definition) is 5. The minimum Gasteiger partial charge on any atom is -0.481 e. The maximum atomic E-state index is 13.0. The van der Waals surface area contributed by atoms with Gasteiger partial charge in [-0.05, 0) is 18.6 Å². The zero-order chi connectivity index (χ0) is 14.7. The first-order valence-corrected chi connectivity index (χ1v) is 6.50. The van der Waals surface area contributed by atoms with Gasteiger partial charge in [0.25, 0.3) is 0 Å². The van der Waals surface area contributed by atoms with E-state index in [4.69, 9.17) is 15.2 Å². The van der Waals surface area contributed by atoms with Gasteiger partial charge in [0.1, 0.15) is 18.0 Å². The van der Waals surface area contributed by atoms with Crippen molar-refractivity contribution in [2.24, 2.45) is 5.73 Å². The minimum atomic E-state index is -0.673. The lowest BCUT2D eigenvalue weighted by Crippen LogP contribution is -2.59. The lowest BCUT2D eigenvalue weighted by atomic mass is 9.86. The lowest BCUT2D eigenvalue weighted by Gasteiger charge is -2.41. The smallest absolute Gasteiger partial charge is 0.313 e. The van der Waals surface area contributed by atoms with Gasteiger partial charge >= 0.3 is 5.69 Å². The van der Waals surface area contributed by atoms with E-state index in [9.17, 15) is 14.5 Å². The fraction of sp³-hybridized carbons (Fsp3) is 0.538. The Bertz CT molecular complexity index is 497. The molecule has 20 heavy (non-hydrogen) atoms. The van der Waals surface area contributed by atoms with Gasteiger partial charge in [0.15, 0.2) is 5.75 Å². The summed E-state index contributed by atoms with van der Waals surface area (Å²) in [5.41, 5.74) is 5.44. The van der Waals surface area contributed by atoms with Crippen molar-refractivity contribution >= 4 is 5.69 Å². The van der Waals surface area contributed by atoms with Crippen molar-refractivity contribution in [2.75, 3.05) is 6.61 Å². The molecule has 3 atom stereocenters. The number of ether oxygens (including phenoxy) is 2. The van der Waals surface area contributed by atoms with E-state index in [0.29, 0.717) is 13.0 Å². The summed E-state index contributed by atoms with van der Waals surface area (Å²) in [6.45, 7) is 2.54. The molecule has 0 radical (unpaired) electrons. The van der Waals surface area contributed by atoms with Crippen molar-refractivity contribution in [2.45, 2.75) is 38.0 Å². The predicted octanol–water partition coefficient (Wildman–Crippen LogP) is 2.01. The molecular formula is C13H17FN2O4. The standard InChI is InChI=1S/C13H17FN2O4/c1-2-5-19-13-9(15)7-12(13)20-11-4-3-8(14)6-10(11)16(17)18/h3-4,6,9,12-13H,2,5,7,15H2,1H3. The topological polar surface area (TPSA) is 87.6 Å². The SMILES string of the molecule is CCCOC1C(N)CC1Oc1ccc(F)cc1[N+](=O)[O-]. The number of nitro groups is 1. The van der Waals surface area contributed by atoms with Crippen LogP contribution in [0.1, 0.15) is 19.8 Å². The Balaban J connectivity index is 2.08. The first-order chi connectivity index (χ1) is 9.52. The molecule has 0 aromatic heterocycles. The molecule has 0 amide bonds. The molecule has 0 saturated heterocycles. The summed E-state index contributed by atoms with van der Waals surface area (Å²) in [6, 6.07) is 3.10. The van der Waals surface area contributed by atoms with Crippen LogP contribution in [0.5, 0.6) is 5.75 Å². The molecule has 0 aliphatic heterocycles. The van der Waals surface area contributed by atoms with Crippen molar-refractivity contribution < 1.29 is 18.8 Å². The van der Waals surface area contributed by atoms with Crippen LogP contribution in [0.4, 0.5) is 10.1 Å². The summed E-state index contributed by atoms with van der Waals surface area (Å²) in [5, 5.41) is 10.9. The van der Waals surface area contributed by atoms with Crippen LogP contribution in [0, 0.1) is 15.9 Å². The highest BCUT2D eigenvalue weighted by Crippen LogP contribution is 2.33. The van der Waals surface area contributed by atoms with E-state index >= 15 is 0 Å². The van der Waals surface area contributed by atoms with Crippen molar-refractivity contribution in [3.63, 3.8) is 0 Å². The highest BCUT2D eigenvalue weighted by molar-refractivity contribution is 5.46. The average Bonchev–Trinajstić information content (AvgIpc) is 2.40. The summed E-state index contributed by atoms with van der Waals surface area (Å²) in [6.07, 6.45) is 0.801. The summed E-state index contributed by atoms with van der Waals surface area (Å²) in [5.74, 6) is -0.633. The molecule has 6 nitrogen and oxygen atoms in total. The van der Waals surface area contributed by atoms with Gasteiger partial charge in [0, 0.05) is 19.1 Å². The molecule has 1 saturated carbocycles. The Morgan fingerprint density at radius 3 is 2.90 bits per heavy atom. The fourth-order valence-corrected chi connectivity index (χ4v) is 2.11. The van der Waals surface area contributed by atoms with Gasteiger partial charge in [-0.2, -0.15) is 0 Å². The molecule has 110 valence electrons. The molecule has 1 aliphatic carbocycles. The average molecular weight is 284 g/mol. The minimum absolute atomic E-state index is 0.0402. The van der Waals surface area contributed by atoms with E-state index < -0.39 is 10.7 Å². The van der Waals surface area contributed by atoms with Gasteiger partial charge in [-0.1, -0.05) is 6.92 Å². The van der Waals surface area contributed by atoms with Crippen molar-refractivity contribution in [3.05, 3.63) is 34.1 Å². The Labute approximate surface area is 115 Å². The summed E-state index contributed by atoms with van der Waals surface area (Å²) < 4.78 is 24.2. The van der Waals surface area contributed by atoms with Crippen LogP contribution < -0.4 is 10.5 Å². The zero-order valence-electron chi connectivity index (χ0n) is 11.1. The van der Waals surface area contributed by atoms with Crippen molar-refractivity contribution in [3.8, 4) is 5.75 Å². The van der Waals surface area contributed by atoms with Crippen LogP contribution in [-0.2, 0) is 4.74 Å². The number of nitro benzene ring substituents is 1. The Morgan fingerprint density at radius 2 is 2.30 bits per heavy atom. The number of halogens is 1. The Kier molecular flexibility index (Phi) is 4.51. The molecule has 3 unspecified atom stereocenters. The molecule has 2 rings (SSSR count). The largest absolute Gasteiger partial charge is 0.481 e. The Hall–Kier alpha value is -1.73. The van der Waals surface area contributed by atoms with Crippen LogP contribution >= 0.6 is 0 Å². The van der Waals surface area contributed by atoms with Crippen LogP contribution in [0.15, 0.2) is 18.2 Å².